The summed E-state index contributed by atoms with van der Waals surface area (Å²) in [6, 6.07) is 29.8. The molecule has 0 fully saturated rings. The maximum absolute atomic E-state index is 14.0. The highest BCUT2D eigenvalue weighted by molar-refractivity contribution is 7.92. The lowest BCUT2D eigenvalue weighted by Gasteiger charge is -2.28. The van der Waals surface area contributed by atoms with Crippen LogP contribution in [0.3, 0.4) is 0 Å². The van der Waals surface area contributed by atoms with Gasteiger partial charge >= 0.3 is 0 Å². The van der Waals surface area contributed by atoms with E-state index in [0.717, 1.165) is 27.3 Å². The lowest BCUT2D eigenvalue weighted by Crippen LogP contribution is -2.52. The summed E-state index contributed by atoms with van der Waals surface area (Å²) in [7, 11) is -2.48. The zero-order valence-electron chi connectivity index (χ0n) is 33.8. The fourth-order valence-corrected chi connectivity index (χ4v) is 6.58. The number of rotatable bonds is 20. The molecule has 0 saturated heterocycles. The van der Waals surface area contributed by atoms with E-state index < -0.39 is 57.9 Å². The van der Waals surface area contributed by atoms with E-state index in [4.69, 9.17) is 4.74 Å². The number of carbonyl (C=O) groups is 4. The van der Waals surface area contributed by atoms with Gasteiger partial charge < -0.3 is 31.1 Å². The SMILES string of the molecule is CC(C)[C@H](NC(=O)[C@H](C)C[C@H](O)[C@H](COCc1ccccc1)NC(=O)c1cc(C(=O)N[C@H](C)c2ccccc2)cc(N(C)S(C)(=O)=O)c1)C(=O)NCc1ccccc1. The predicted octanol–water partition coefficient (Wildman–Crippen LogP) is 4.73. The van der Waals surface area contributed by atoms with E-state index in [0.29, 0.717) is 6.54 Å². The first-order valence-electron chi connectivity index (χ1n) is 19.2. The molecule has 4 aromatic rings. The first kappa shape index (κ1) is 45.1. The van der Waals surface area contributed by atoms with Crippen LogP contribution in [0.2, 0.25) is 0 Å². The standard InChI is InChI=1S/C44H55N5O8S/c1-29(2)40(44(54)45-26-32-16-10-7-11-17-32)48-41(51)30(3)22-39(50)38(28-57-27-33-18-12-8-13-19-33)47-43(53)36-23-35(24-37(25-36)49(5)58(6,55)56)42(52)46-31(4)34-20-14-9-15-21-34/h7-21,23-25,29-31,38-40,50H,22,26-28H2,1-6H3,(H,45,54)(H,46,52)(H,47,53)(H,48,51)/t30-,31-,38+,39+,40+/m1/s1. The molecule has 0 aliphatic rings. The van der Waals surface area contributed by atoms with Crippen LogP contribution in [0.15, 0.2) is 109 Å². The second kappa shape index (κ2) is 21.3. The van der Waals surface area contributed by atoms with Crippen LogP contribution in [-0.4, -0.2) is 75.3 Å². The average molecular weight is 814 g/mol. The van der Waals surface area contributed by atoms with Gasteiger partial charge in [-0.2, -0.15) is 0 Å². The number of sulfonamides is 1. The van der Waals surface area contributed by atoms with Gasteiger partial charge in [-0.3, -0.25) is 23.5 Å². The summed E-state index contributed by atoms with van der Waals surface area (Å²) in [6.45, 7) is 7.38. The molecular formula is C44H55N5O8S. The molecule has 0 aliphatic heterocycles. The van der Waals surface area contributed by atoms with Gasteiger partial charge in [0.2, 0.25) is 21.8 Å². The first-order valence-corrected chi connectivity index (χ1v) is 21.1. The number of anilines is 1. The zero-order chi connectivity index (χ0) is 42.4. The number of hydrogen-bond acceptors (Lipinski definition) is 8. The Bertz CT molecular complexity index is 2080. The van der Waals surface area contributed by atoms with E-state index in [1.807, 2.05) is 105 Å². The topological polar surface area (TPSA) is 183 Å². The average Bonchev–Trinajstić information content (AvgIpc) is 3.21. The molecule has 0 aromatic heterocycles. The fourth-order valence-electron chi connectivity index (χ4n) is 6.09. The van der Waals surface area contributed by atoms with Crippen molar-refractivity contribution in [3.8, 4) is 0 Å². The highest BCUT2D eigenvalue weighted by Crippen LogP contribution is 2.23. The van der Waals surface area contributed by atoms with Crippen molar-refractivity contribution in [2.45, 2.75) is 71.5 Å². The van der Waals surface area contributed by atoms with E-state index in [-0.39, 0.29) is 48.3 Å². The Morgan fingerprint density at radius 2 is 1.26 bits per heavy atom. The quantitative estimate of drug-likeness (QED) is 0.0849. The monoisotopic (exact) mass is 813 g/mol. The van der Waals surface area contributed by atoms with Crippen LogP contribution in [0.1, 0.15) is 77.6 Å². The lowest BCUT2D eigenvalue weighted by molar-refractivity contribution is -0.132. The summed E-state index contributed by atoms with van der Waals surface area (Å²) in [4.78, 5) is 54.2. The molecule has 0 bridgehead atoms. The molecule has 0 heterocycles. The zero-order valence-corrected chi connectivity index (χ0v) is 34.7. The third-order valence-corrected chi connectivity index (χ3v) is 10.9. The molecule has 13 nitrogen and oxygen atoms in total. The maximum atomic E-state index is 14.0. The molecule has 4 aromatic carbocycles. The largest absolute Gasteiger partial charge is 0.391 e. The van der Waals surface area contributed by atoms with Crippen molar-refractivity contribution in [3.63, 3.8) is 0 Å². The summed E-state index contributed by atoms with van der Waals surface area (Å²) in [6.07, 6.45) is -0.406. The molecule has 0 unspecified atom stereocenters. The summed E-state index contributed by atoms with van der Waals surface area (Å²) in [5, 5.41) is 23.0. The van der Waals surface area contributed by atoms with Crippen molar-refractivity contribution < 1.29 is 37.4 Å². The Kier molecular flexibility index (Phi) is 16.5. The third kappa shape index (κ3) is 13.5. The van der Waals surface area contributed by atoms with Crippen LogP contribution in [0.5, 0.6) is 0 Å². The van der Waals surface area contributed by atoms with Crippen LogP contribution >= 0.6 is 0 Å². The molecule has 0 radical (unpaired) electrons. The van der Waals surface area contributed by atoms with Crippen molar-refractivity contribution in [2.75, 3.05) is 24.2 Å². The second-order valence-corrected chi connectivity index (χ2v) is 16.8. The third-order valence-electron chi connectivity index (χ3n) is 9.74. The van der Waals surface area contributed by atoms with Crippen molar-refractivity contribution in [3.05, 3.63) is 137 Å². The van der Waals surface area contributed by atoms with E-state index in [1.54, 1.807) is 13.8 Å². The van der Waals surface area contributed by atoms with Gasteiger partial charge in [0.1, 0.15) is 6.04 Å². The summed E-state index contributed by atoms with van der Waals surface area (Å²) in [5.74, 6) is -3.08. The Morgan fingerprint density at radius 1 is 0.724 bits per heavy atom. The first-order chi connectivity index (χ1) is 27.5. The van der Waals surface area contributed by atoms with Crippen molar-refractivity contribution in [1.82, 2.24) is 21.3 Å². The van der Waals surface area contributed by atoms with Gasteiger partial charge in [0.15, 0.2) is 0 Å². The molecule has 58 heavy (non-hydrogen) atoms. The number of nitrogens with one attached hydrogen (secondary N) is 4. The van der Waals surface area contributed by atoms with Crippen LogP contribution in [0, 0.1) is 11.8 Å². The minimum absolute atomic E-state index is 0.0381. The van der Waals surface area contributed by atoms with Gasteiger partial charge in [-0.25, -0.2) is 8.42 Å². The summed E-state index contributed by atoms with van der Waals surface area (Å²) in [5.41, 5.74) is 2.68. The van der Waals surface area contributed by atoms with Crippen LogP contribution < -0.4 is 25.6 Å². The van der Waals surface area contributed by atoms with Gasteiger partial charge in [-0.05, 0) is 54.2 Å². The van der Waals surface area contributed by atoms with E-state index in [1.165, 1.54) is 25.2 Å². The summed E-state index contributed by atoms with van der Waals surface area (Å²) < 4.78 is 32.0. The number of aliphatic hydroxyl groups excluding tert-OH is 1. The molecule has 0 spiro atoms. The minimum atomic E-state index is -3.79. The maximum Gasteiger partial charge on any atom is 0.251 e. The fraction of sp³-hybridized carbons (Fsp3) is 0.364. The van der Waals surface area contributed by atoms with E-state index in [2.05, 4.69) is 21.3 Å². The van der Waals surface area contributed by atoms with Gasteiger partial charge in [0, 0.05) is 30.6 Å². The van der Waals surface area contributed by atoms with E-state index in [9.17, 15) is 32.7 Å². The number of hydrogen-bond donors (Lipinski definition) is 5. The molecule has 0 saturated carbocycles. The number of nitrogens with zero attached hydrogens (tertiary/aromatic N) is 1. The molecule has 5 N–H and O–H groups in total. The molecular weight excluding hydrogens is 759 g/mol. The number of carbonyl (C=O) groups excluding carboxylic acids is 4. The molecule has 4 amide bonds. The van der Waals surface area contributed by atoms with Gasteiger partial charge in [-0.15, -0.1) is 0 Å². The molecule has 4 rings (SSSR count). The Balaban J connectivity index is 1.54. The van der Waals surface area contributed by atoms with Crippen LogP contribution in [-0.2, 0) is 37.5 Å². The number of ether oxygens (including phenoxy) is 1. The van der Waals surface area contributed by atoms with Crippen molar-refractivity contribution in [1.29, 1.82) is 0 Å². The highest BCUT2D eigenvalue weighted by Gasteiger charge is 2.31. The molecule has 310 valence electrons. The van der Waals surface area contributed by atoms with Crippen LogP contribution in [0.25, 0.3) is 0 Å². The van der Waals surface area contributed by atoms with E-state index >= 15 is 0 Å². The lowest BCUT2D eigenvalue weighted by atomic mass is 9.96. The highest BCUT2D eigenvalue weighted by atomic mass is 32.2. The van der Waals surface area contributed by atoms with Gasteiger partial charge in [0.25, 0.3) is 11.8 Å². The van der Waals surface area contributed by atoms with Gasteiger partial charge in [0.05, 0.1) is 43.3 Å². The predicted molar refractivity (Wildman–Crippen MR) is 224 cm³/mol. The normalized spacial score (nSPS) is 14.0. The number of benzene rings is 4. The Hall–Kier alpha value is -5.57. The molecule has 14 heteroatoms. The summed E-state index contributed by atoms with van der Waals surface area (Å²) >= 11 is 0. The molecule has 0 aliphatic carbocycles. The number of amides is 4. The smallest absolute Gasteiger partial charge is 0.251 e. The Labute approximate surface area is 341 Å². The molecule has 5 atom stereocenters. The second-order valence-electron chi connectivity index (χ2n) is 14.8. The number of aliphatic hydroxyl groups is 1. The Morgan fingerprint density at radius 3 is 1.81 bits per heavy atom. The van der Waals surface area contributed by atoms with Crippen molar-refractivity contribution >= 4 is 39.3 Å². The van der Waals surface area contributed by atoms with Gasteiger partial charge in [-0.1, -0.05) is 112 Å². The minimum Gasteiger partial charge on any atom is -0.391 e. The van der Waals surface area contributed by atoms with Crippen LogP contribution in [0.4, 0.5) is 5.69 Å². The van der Waals surface area contributed by atoms with Crippen molar-refractivity contribution in [2.24, 2.45) is 11.8 Å².